The van der Waals surface area contributed by atoms with Gasteiger partial charge in [0.05, 0.1) is 23.1 Å². The van der Waals surface area contributed by atoms with Gasteiger partial charge in [-0.1, -0.05) is 31.2 Å². The summed E-state index contributed by atoms with van der Waals surface area (Å²) >= 11 is 2.86. The minimum atomic E-state index is -0.161. The highest BCUT2D eigenvalue weighted by Gasteiger charge is 2.26. The van der Waals surface area contributed by atoms with E-state index in [0.29, 0.717) is 34.0 Å². The number of anilines is 1. The predicted octanol–water partition coefficient (Wildman–Crippen LogP) is 5.21. The molecule has 32 heavy (non-hydrogen) atoms. The Morgan fingerprint density at radius 2 is 2.38 bits per heavy atom. The number of carbonyl (C=O) groups excluding carboxylic acids is 1. The lowest BCUT2D eigenvalue weighted by Crippen LogP contribution is -2.15. The van der Waals surface area contributed by atoms with Crippen LogP contribution in [0.4, 0.5) is 5.00 Å². The third-order valence-corrected chi connectivity index (χ3v) is 7.91. The molecule has 1 atom stereocenters. The zero-order valence-corrected chi connectivity index (χ0v) is 19.8. The molecule has 0 aliphatic heterocycles. The molecule has 1 amide bonds. The minimum Gasteiger partial charge on any atom is -0.469 e. The Bertz CT molecular complexity index is 1180. The van der Waals surface area contributed by atoms with Gasteiger partial charge in [-0.2, -0.15) is 5.26 Å². The highest BCUT2D eigenvalue weighted by molar-refractivity contribution is 7.99. The van der Waals surface area contributed by atoms with Crippen molar-refractivity contribution in [2.24, 2.45) is 5.92 Å². The van der Waals surface area contributed by atoms with Crippen LogP contribution < -0.4 is 5.32 Å². The van der Waals surface area contributed by atoms with Crippen molar-refractivity contribution >= 4 is 34.0 Å². The number of hydrogen-bond acceptors (Lipinski definition) is 7. The molecular weight excluding hydrogens is 442 g/mol. The fourth-order valence-corrected chi connectivity index (χ4v) is 6.08. The maximum Gasteiger partial charge on any atom is 0.235 e. The standard InChI is InChI=1S/C23H25N5O2S2/c1-4-9-28-21(16-8-10-30-14(16)3)26-27-23(28)31-13-20(29)25-22-18(12-24)17-7-6-15(5-2)11-19(17)32-22/h4,8,10,15H,1,5-7,9,11,13H2,2-3H3,(H,25,29). The molecule has 0 radical (unpaired) electrons. The summed E-state index contributed by atoms with van der Waals surface area (Å²) in [5, 5.41) is 22.5. The second kappa shape index (κ2) is 9.76. The number of carbonyl (C=O) groups is 1. The highest BCUT2D eigenvalue weighted by Crippen LogP contribution is 2.40. The van der Waals surface area contributed by atoms with Crippen molar-refractivity contribution < 1.29 is 9.21 Å². The van der Waals surface area contributed by atoms with E-state index < -0.39 is 0 Å². The summed E-state index contributed by atoms with van der Waals surface area (Å²) in [5.41, 5.74) is 2.62. The first kappa shape index (κ1) is 22.4. The largest absolute Gasteiger partial charge is 0.469 e. The maximum atomic E-state index is 12.7. The van der Waals surface area contributed by atoms with Crippen LogP contribution in [0.15, 0.2) is 34.6 Å². The second-order valence-corrected chi connectivity index (χ2v) is 9.82. The first-order chi connectivity index (χ1) is 15.5. The monoisotopic (exact) mass is 467 g/mol. The first-order valence-electron chi connectivity index (χ1n) is 10.6. The van der Waals surface area contributed by atoms with Crippen molar-refractivity contribution in [2.75, 3.05) is 11.1 Å². The van der Waals surface area contributed by atoms with Gasteiger partial charge in [0.15, 0.2) is 11.0 Å². The lowest BCUT2D eigenvalue weighted by Gasteiger charge is -2.20. The van der Waals surface area contributed by atoms with E-state index in [1.165, 1.54) is 16.6 Å². The number of nitriles is 1. The molecule has 166 valence electrons. The maximum absolute atomic E-state index is 12.7. The van der Waals surface area contributed by atoms with Crippen molar-refractivity contribution in [3.05, 3.63) is 46.7 Å². The third kappa shape index (κ3) is 4.38. The fraction of sp³-hybridized carbons (Fsp3) is 0.391. The highest BCUT2D eigenvalue weighted by atomic mass is 32.2. The quantitative estimate of drug-likeness (QED) is 0.361. The lowest BCUT2D eigenvalue weighted by molar-refractivity contribution is -0.113. The first-order valence-corrected chi connectivity index (χ1v) is 12.4. The van der Waals surface area contributed by atoms with Crippen molar-refractivity contribution in [1.82, 2.24) is 14.8 Å². The van der Waals surface area contributed by atoms with Gasteiger partial charge in [0.2, 0.25) is 5.91 Å². The van der Waals surface area contributed by atoms with E-state index >= 15 is 0 Å². The summed E-state index contributed by atoms with van der Waals surface area (Å²) in [7, 11) is 0. The molecule has 1 unspecified atom stereocenters. The van der Waals surface area contributed by atoms with Crippen molar-refractivity contribution in [3.63, 3.8) is 0 Å². The summed E-state index contributed by atoms with van der Waals surface area (Å²) in [6, 6.07) is 4.16. The summed E-state index contributed by atoms with van der Waals surface area (Å²) < 4.78 is 7.31. The van der Waals surface area contributed by atoms with Crippen molar-refractivity contribution in [1.29, 1.82) is 5.26 Å². The van der Waals surface area contributed by atoms with E-state index in [9.17, 15) is 10.1 Å². The van der Waals surface area contributed by atoms with E-state index in [2.05, 4.69) is 35.1 Å². The van der Waals surface area contributed by atoms with Gasteiger partial charge in [0, 0.05) is 11.4 Å². The van der Waals surface area contributed by atoms with E-state index in [4.69, 9.17) is 4.42 Å². The Morgan fingerprint density at radius 1 is 1.53 bits per heavy atom. The Morgan fingerprint density at radius 3 is 3.06 bits per heavy atom. The molecular formula is C23H25N5O2S2. The molecule has 0 fully saturated rings. The van der Waals surface area contributed by atoms with Gasteiger partial charge in [0.1, 0.15) is 16.8 Å². The van der Waals surface area contributed by atoms with Crippen LogP contribution in [0.2, 0.25) is 0 Å². The molecule has 4 rings (SSSR count). The third-order valence-electron chi connectivity index (χ3n) is 5.77. The summed E-state index contributed by atoms with van der Waals surface area (Å²) in [6.07, 6.45) is 7.55. The molecule has 9 heteroatoms. The molecule has 3 heterocycles. The fourth-order valence-electron chi connectivity index (χ4n) is 4.01. The van der Waals surface area contributed by atoms with Gasteiger partial charge in [0.25, 0.3) is 0 Å². The number of allylic oxidation sites excluding steroid dienone is 1. The number of fused-ring (bicyclic) bond motifs is 1. The van der Waals surface area contributed by atoms with Crippen LogP contribution in [0.5, 0.6) is 0 Å². The van der Waals surface area contributed by atoms with Crippen LogP contribution in [0.3, 0.4) is 0 Å². The molecule has 3 aromatic heterocycles. The van der Waals surface area contributed by atoms with Gasteiger partial charge in [-0.25, -0.2) is 0 Å². The number of thiophene rings is 1. The number of nitrogens with one attached hydrogen (secondary N) is 1. The van der Waals surface area contributed by atoms with Crippen LogP contribution in [0.1, 0.15) is 41.5 Å². The molecule has 1 aliphatic rings. The number of furan rings is 1. The molecule has 1 N–H and O–H groups in total. The van der Waals surface area contributed by atoms with E-state index in [1.54, 1.807) is 23.7 Å². The van der Waals surface area contributed by atoms with E-state index in [0.717, 1.165) is 42.6 Å². The van der Waals surface area contributed by atoms with Crippen LogP contribution in [0, 0.1) is 24.2 Å². The SMILES string of the molecule is C=CCn1c(SCC(=O)Nc2sc3c(c2C#N)CCC(CC)C3)nnc1-c1ccoc1C. The lowest BCUT2D eigenvalue weighted by atomic mass is 9.86. The molecule has 7 nitrogen and oxygen atoms in total. The molecule has 0 bridgehead atoms. The van der Waals surface area contributed by atoms with Crippen molar-refractivity contribution in [2.45, 2.75) is 51.2 Å². The van der Waals surface area contributed by atoms with E-state index in [1.807, 2.05) is 17.6 Å². The summed E-state index contributed by atoms with van der Waals surface area (Å²) in [6.45, 7) is 8.42. The number of aryl methyl sites for hydroxylation is 1. The zero-order valence-electron chi connectivity index (χ0n) is 18.2. The Kier molecular flexibility index (Phi) is 6.82. The zero-order chi connectivity index (χ0) is 22.7. The molecule has 0 saturated carbocycles. The molecule has 0 spiro atoms. The Labute approximate surface area is 195 Å². The van der Waals surface area contributed by atoms with Gasteiger partial charge in [-0.05, 0) is 43.7 Å². The molecule has 3 aromatic rings. The predicted molar refractivity (Wildman–Crippen MR) is 127 cm³/mol. The molecule has 0 saturated heterocycles. The van der Waals surface area contributed by atoms with Gasteiger partial charge in [-0.15, -0.1) is 28.1 Å². The Hall–Kier alpha value is -2.83. The van der Waals surface area contributed by atoms with E-state index in [-0.39, 0.29) is 11.7 Å². The van der Waals surface area contributed by atoms with Crippen LogP contribution >= 0.6 is 23.1 Å². The Balaban J connectivity index is 1.47. The number of amides is 1. The average molecular weight is 468 g/mol. The molecule has 1 aliphatic carbocycles. The normalized spacial score (nSPS) is 15.2. The van der Waals surface area contributed by atoms with Gasteiger partial charge < -0.3 is 9.73 Å². The van der Waals surface area contributed by atoms with Crippen LogP contribution in [0.25, 0.3) is 11.4 Å². The van der Waals surface area contributed by atoms with Crippen LogP contribution in [-0.4, -0.2) is 26.4 Å². The van der Waals surface area contributed by atoms with Crippen molar-refractivity contribution in [3.8, 4) is 17.5 Å². The number of rotatable bonds is 8. The minimum absolute atomic E-state index is 0.161. The number of nitrogens with zero attached hydrogens (tertiary/aromatic N) is 4. The summed E-state index contributed by atoms with van der Waals surface area (Å²) in [5.74, 6) is 2.11. The number of aromatic nitrogens is 3. The van der Waals surface area contributed by atoms with Gasteiger partial charge >= 0.3 is 0 Å². The second-order valence-electron chi connectivity index (χ2n) is 7.77. The van der Waals surface area contributed by atoms with Gasteiger partial charge in [-0.3, -0.25) is 9.36 Å². The number of hydrogen-bond donors (Lipinski definition) is 1. The smallest absolute Gasteiger partial charge is 0.235 e. The summed E-state index contributed by atoms with van der Waals surface area (Å²) in [4.78, 5) is 14.0. The number of thioether (sulfide) groups is 1. The van der Waals surface area contributed by atoms with Crippen LogP contribution in [-0.2, 0) is 24.2 Å². The topological polar surface area (TPSA) is 96.7 Å². The average Bonchev–Trinajstić information content (AvgIpc) is 3.48. The molecule has 0 aromatic carbocycles.